The molecule has 1 aliphatic rings. The maximum atomic E-state index is 12.2. The quantitative estimate of drug-likeness (QED) is 0.679. The van der Waals surface area contributed by atoms with Gasteiger partial charge in [0.25, 0.3) is 10.2 Å². The van der Waals surface area contributed by atoms with Gasteiger partial charge in [0.1, 0.15) is 0 Å². The van der Waals surface area contributed by atoms with Crippen LogP contribution in [0.1, 0.15) is 32.6 Å². The van der Waals surface area contributed by atoms with Crippen LogP contribution in [0, 0.1) is 12.3 Å². The highest BCUT2D eigenvalue weighted by Gasteiger charge is 2.29. The lowest BCUT2D eigenvalue weighted by Gasteiger charge is -2.31. The van der Waals surface area contributed by atoms with Gasteiger partial charge >= 0.3 is 0 Å². The Morgan fingerprint density at radius 2 is 1.94 bits per heavy atom. The highest BCUT2D eigenvalue weighted by Crippen LogP contribution is 2.16. The second-order valence-corrected chi connectivity index (χ2v) is 5.93. The summed E-state index contributed by atoms with van der Waals surface area (Å²) in [5.41, 5.74) is 0. The number of piperidine rings is 1. The molecular formula is C11H20N2O2S. The van der Waals surface area contributed by atoms with Gasteiger partial charge in [-0.15, -0.1) is 6.42 Å². The number of terminal acetylenes is 1. The average Bonchev–Trinajstić information content (AvgIpc) is 2.30. The maximum Gasteiger partial charge on any atom is 0.282 e. The molecule has 0 saturated carbocycles. The summed E-state index contributed by atoms with van der Waals surface area (Å²) in [7, 11) is -3.32. The van der Waals surface area contributed by atoms with Gasteiger partial charge in [-0.1, -0.05) is 19.3 Å². The maximum absolute atomic E-state index is 12.2. The Kier molecular flexibility index (Phi) is 5.26. The Morgan fingerprint density at radius 3 is 2.44 bits per heavy atom. The lowest BCUT2D eigenvalue weighted by Crippen LogP contribution is -2.46. The van der Waals surface area contributed by atoms with E-state index in [1.54, 1.807) is 4.31 Å². The minimum atomic E-state index is -3.32. The summed E-state index contributed by atoms with van der Waals surface area (Å²) in [4.78, 5) is 0. The molecule has 5 heteroatoms. The van der Waals surface area contributed by atoms with Crippen LogP contribution in [-0.2, 0) is 10.2 Å². The van der Waals surface area contributed by atoms with Crippen LogP contribution in [0.15, 0.2) is 0 Å². The van der Waals surface area contributed by atoms with Crippen LogP contribution in [0.5, 0.6) is 0 Å². The second-order valence-electron chi connectivity index (χ2n) is 4.01. The van der Waals surface area contributed by atoms with Crippen LogP contribution < -0.4 is 0 Å². The molecule has 0 aliphatic carbocycles. The minimum absolute atomic E-state index is 0.173. The third kappa shape index (κ3) is 3.21. The third-order valence-corrected chi connectivity index (χ3v) is 4.69. The topological polar surface area (TPSA) is 40.6 Å². The Balaban J connectivity index is 2.75. The lowest BCUT2D eigenvalue weighted by molar-refractivity contribution is 0.310. The number of hydrogen-bond acceptors (Lipinski definition) is 2. The summed E-state index contributed by atoms with van der Waals surface area (Å²) in [5.74, 6) is 2.42. The van der Waals surface area contributed by atoms with Crippen molar-refractivity contribution < 1.29 is 8.42 Å². The molecule has 1 aliphatic heterocycles. The van der Waals surface area contributed by atoms with Crippen molar-refractivity contribution in [3.05, 3.63) is 0 Å². The largest absolute Gasteiger partial charge is 0.282 e. The molecule has 1 saturated heterocycles. The molecule has 0 spiro atoms. The zero-order chi connectivity index (χ0) is 12.0. The van der Waals surface area contributed by atoms with Crippen molar-refractivity contribution in [1.82, 2.24) is 8.61 Å². The first kappa shape index (κ1) is 13.5. The van der Waals surface area contributed by atoms with Crippen molar-refractivity contribution >= 4 is 10.2 Å². The van der Waals surface area contributed by atoms with Crippen molar-refractivity contribution in [3.63, 3.8) is 0 Å². The summed E-state index contributed by atoms with van der Waals surface area (Å²) >= 11 is 0. The van der Waals surface area contributed by atoms with Gasteiger partial charge in [-0.2, -0.15) is 17.0 Å². The zero-order valence-corrected chi connectivity index (χ0v) is 10.7. The van der Waals surface area contributed by atoms with E-state index in [4.69, 9.17) is 6.42 Å². The highest BCUT2D eigenvalue weighted by molar-refractivity contribution is 7.86. The predicted octanol–water partition coefficient (Wildman–Crippen LogP) is 1.06. The van der Waals surface area contributed by atoms with Gasteiger partial charge in [-0.05, 0) is 19.3 Å². The Bertz CT molecular complexity index is 339. The SMILES string of the molecule is C#CCN(CCC)S(=O)(=O)N1CCCCC1. The summed E-state index contributed by atoms with van der Waals surface area (Å²) in [6.07, 6.45) is 9.02. The van der Waals surface area contributed by atoms with Crippen LogP contribution in [0.3, 0.4) is 0 Å². The van der Waals surface area contributed by atoms with E-state index < -0.39 is 10.2 Å². The van der Waals surface area contributed by atoms with Crippen LogP contribution in [0.4, 0.5) is 0 Å². The molecule has 0 atom stereocenters. The first-order chi connectivity index (χ1) is 7.62. The molecule has 1 rings (SSSR count). The van der Waals surface area contributed by atoms with Gasteiger partial charge < -0.3 is 0 Å². The molecule has 92 valence electrons. The Labute approximate surface area is 98.8 Å². The van der Waals surface area contributed by atoms with Crippen LogP contribution in [-0.4, -0.2) is 43.2 Å². The summed E-state index contributed by atoms with van der Waals surface area (Å²) in [5, 5.41) is 0. The molecule has 1 heterocycles. The predicted molar refractivity (Wildman–Crippen MR) is 65.0 cm³/mol. The van der Waals surface area contributed by atoms with E-state index in [2.05, 4.69) is 5.92 Å². The van der Waals surface area contributed by atoms with E-state index in [1.807, 2.05) is 6.92 Å². The Morgan fingerprint density at radius 1 is 1.31 bits per heavy atom. The molecule has 1 fully saturated rings. The molecule has 0 N–H and O–H groups in total. The van der Waals surface area contributed by atoms with Gasteiger partial charge in [0, 0.05) is 19.6 Å². The Hall–Kier alpha value is -0.570. The first-order valence-corrected chi connectivity index (χ1v) is 7.21. The monoisotopic (exact) mass is 244 g/mol. The van der Waals surface area contributed by atoms with E-state index in [0.29, 0.717) is 19.6 Å². The van der Waals surface area contributed by atoms with Crippen molar-refractivity contribution in [2.45, 2.75) is 32.6 Å². The third-order valence-electron chi connectivity index (χ3n) is 2.71. The number of hydrogen-bond donors (Lipinski definition) is 0. The summed E-state index contributed by atoms with van der Waals surface area (Å²) < 4.78 is 27.4. The van der Waals surface area contributed by atoms with Gasteiger partial charge in [0.2, 0.25) is 0 Å². The van der Waals surface area contributed by atoms with E-state index in [0.717, 1.165) is 25.7 Å². The molecule has 16 heavy (non-hydrogen) atoms. The summed E-state index contributed by atoms with van der Waals surface area (Å²) in [6.45, 7) is 3.89. The normalized spacial score (nSPS) is 18.6. The van der Waals surface area contributed by atoms with Crippen molar-refractivity contribution in [2.75, 3.05) is 26.2 Å². The molecule has 4 nitrogen and oxygen atoms in total. The molecule has 0 unspecified atom stereocenters. The molecule has 0 radical (unpaired) electrons. The van der Waals surface area contributed by atoms with Gasteiger partial charge in [0.15, 0.2) is 0 Å². The first-order valence-electron chi connectivity index (χ1n) is 5.81. The van der Waals surface area contributed by atoms with Crippen LogP contribution >= 0.6 is 0 Å². The summed E-state index contributed by atoms with van der Waals surface area (Å²) in [6, 6.07) is 0. The van der Waals surface area contributed by atoms with Gasteiger partial charge in [0.05, 0.1) is 6.54 Å². The molecule has 0 aromatic heterocycles. The molecule has 0 aromatic rings. The van der Waals surface area contributed by atoms with E-state index in [-0.39, 0.29) is 6.54 Å². The molecular weight excluding hydrogens is 224 g/mol. The highest BCUT2D eigenvalue weighted by atomic mass is 32.2. The molecule has 0 amide bonds. The fourth-order valence-corrected chi connectivity index (χ4v) is 3.58. The van der Waals surface area contributed by atoms with Crippen molar-refractivity contribution in [2.24, 2.45) is 0 Å². The van der Waals surface area contributed by atoms with E-state index >= 15 is 0 Å². The van der Waals surface area contributed by atoms with Crippen molar-refractivity contribution in [3.8, 4) is 12.3 Å². The molecule has 0 aromatic carbocycles. The van der Waals surface area contributed by atoms with E-state index in [1.165, 1.54) is 4.31 Å². The number of rotatable bonds is 5. The number of nitrogens with zero attached hydrogens (tertiary/aromatic N) is 2. The molecule has 0 bridgehead atoms. The second kappa shape index (κ2) is 6.24. The van der Waals surface area contributed by atoms with Crippen LogP contribution in [0.2, 0.25) is 0 Å². The van der Waals surface area contributed by atoms with Gasteiger partial charge in [-0.3, -0.25) is 0 Å². The lowest BCUT2D eigenvalue weighted by atomic mass is 10.2. The average molecular weight is 244 g/mol. The zero-order valence-electron chi connectivity index (χ0n) is 9.85. The van der Waals surface area contributed by atoms with Crippen LogP contribution in [0.25, 0.3) is 0 Å². The van der Waals surface area contributed by atoms with Crippen molar-refractivity contribution in [1.29, 1.82) is 0 Å². The minimum Gasteiger partial charge on any atom is -0.195 e. The smallest absolute Gasteiger partial charge is 0.195 e. The fraction of sp³-hybridized carbons (Fsp3) is 0.818. The standard InChI is InChI=1S/C11H20N2O2S/c1-3-8-12(9-4-2)16(14,15)13-10-6-5-7-11-13/h1H,4-11H2,2H3. The van der Waals surface area contributed by atoms with Gasteiger partial charge in [-0.25, -0.2) is 0 Å². The van der Waals surface area contributed by atoms with E-state index in [9.17, 15) is 8.42 Å². The fourth-order valence-electron chi connectivity index (χ4n) is 1.89.